The number of carbonyl (C=O) groups is 2. The van der Waals surface area contributed by atoms with Crippen molar-refractivity contribution in [2.45, 2.75) is 51.0 Å². The number of nitrogens with zero attached hydrogens (tertiary/aromatic N) is 1. The third-order valence-electron chi connectivity index (χ3n) is 4.82. The van der Waals surface area contributed by atoms with Crippen LogP contribution < -0.4 is 15.5 Å². The Morgan fingerprint density at radius 1 is 1.27 bits per heavy atom. The Kier molecular flexibility index (Phi) is 3.59. The van der Waals surface area contributed by atoms with Crippen molar-refractivity contribution in [2.24, 2.45) is 0 Å². The molecule has 1 saturated carbocycles. The van der Waals surface area contributed by atoms with Gasteiger partial charge in [0, 0.05) is 24.5 Å². The van der Waals surface area contributed by atoms with Gasteiger partial charge < -0.3 is 15.5 Å². The number of likely N-dealkylation sites (N-methyl/N-ethyl adjacent to an activating group) is 1. The van der Waals surface area contributed by atoms with Gasteiger partial charge >= 0.3 is 6.03 Å². The van der Waals surface area contributed by atoms with Gasteiger partial charge in [-0.1, -0.05) is 12.8 Å². The van der Waals surface area contributed by atoms with Crippen molar-refractivity contribution in [2.75, 3.05) is 17.3 Å². The molecule has 0 saturated heterocycles. The maximum absolute atomic E-state index is 12.3. The molecule has 1 aliphatic heterocycles. The Morgan fingerprint density at radius 3 is 2.64 bits per heavy atom. The molecular formula is C17H23N3O2. The van der Waals surface area contributed by atoms with Crippen molar-refractivity contribution in [1.82, 2.24) is 5.32 Å². The summed E-state index contributed by atoms with van der Waals surface area (Å²) in [7, 11) is 1.79. The second-order valence-electron chi connectivity index (χ2n) is 6.80. The van der Waals surface area contributed by atoms with Crippen molar-refractivity contribution in [3.8, 4) is 0 Å². The topological polar surface area (TPSA) is 61.4 Å². The second-order valence-corrected chi connectivity index (χ2v) is 6.80. The minimum Gasteiger partial charge on any atom is -0.335 e. The van der Waals surface area contributed by atoms with Crippen LogP contribution in [-0.4, -0.2) is 25.0 Å². The van der Waals surface area contributed by atoms with Crippen LogP contribution in [0.2, 0.25) is 0 Å². The van der Waals surface area contributed by atoms with Crippen molar-refractivity contribution in [3.63, 3.8) is 0 Å². The zero-order valence-corrected chi connectivity index (χ0v) is 13.4. The summed E-state index contributed by atoms with van der Waals surface area (Å²) in [6.45, 7) is 3.83. The van der Waals surface area contributed by atoms with Gasteiger partial charge in [0.1, 0.15) is 0 Å². The average Bonchev–Trinajstić information content (AvgIpc) is 3.03. The SMILES string of the molecule is CN1C(=O)C(C)(C)c2cc(NC(=O)NC3CCCC3)ccc21. The molecule has 3 rings (SSSR count). The molecule has 22 heavy (non-hydrogen) atoms. The lowest BCUT2D eigenvalue weighted by atomic mass is 9.86. The number of hydrogen-bond donors (Lipinski definition) is 2. The van der Waals surface area contributed by atoms with Gasteiger partial charge in [-0.05, 0) is 50.5 Å². The number of rotatable bonds is 2. The van der Waals surface area contributed by atoms with E-state index in [1.54, 1.807) is 11.9 Å². The predicted octanol–water partition coefficient (Wildman–Crippen LogP) is 3.00. The second kappa shape index (κ2) is 5.30. The number of nitrogens with one attached hydrogen (secondary N) is 2. The van der Waals surface area contributed by atoms with Crippen LogP contribution >= 0.6 is 0 Å². The van der Waals surface area contributed by atoms with E-state index in [2.05, 4.69) is 10.6 Å². The molecule has 1 heterocycles. The number of urea groups is 1. The fraction of sp³-hybridized carbons (Fsp3) is 0.529. The smallest absolute Gasteiger partial charge is 0.319 e. The maximum Gasteiger partial charge on any atom is 0.319 e. The molecule has 0 spiro atoms. The van der Waals surface area contributed by atoms with E-state index in [4.69, 9.17) is 0 Å². The number of amides is 3. The van der Waals surface area contributed by atoms with Crippen molar-refractivity contribution < 1.29 is 9.59 Å². The van der Waals surface area contributed by atoms with E-state index in [1.807, 2.05) is 32.0 Å². The van der Waals surface area contributed by atoms with Crippen molar-refractivity contribution >= 4 is 23.3 Å². The lowest BCUT2D eigenvalue weighted by Crippen LogP contribution is -2.36. The molecule has 118 valence electrons. The van der Waals surface area contributed by atoms with Crippen LogP contribution in [-0.2, 0) is 10.2 Å². The van der Waals surface area contributed by atoms with E-state index in [0.29, 0.717) is 6.04 Å². The predicted molar refractivity (Wildman–Crippen MR) is 87.3 cm³/mol. The molecule has 5 nitrogen and oxygen atoms in total. The molecule has 0 radical (unpaired) electrons. The van der Waals surface area contributed by atoms with E-state index in [9.17, 15) is 9.59 Å². The fourth-order valence-electron chi connectivity index (χ4n) is 3.47. The van der Waals surface area contributed by atoms with Gasteiger partial charge in [-0.3, -0.25) is 4.79 Å². The third-order valence-corrected chi connectivity index (χ3v) is 4.82. The van der Waals surface area contributed by atoms with Crippen LogP contribution in [0, 0.1) is 0 Å². The summed E-state index contributed by atoms with van der Waals surface area (Å²) in [5.74, 6) is 0.0788. The summed E-state index contributed by atoms with van der Waals surface area (Å²) in [4.78, 5) is 26.0. The highest BCUT2D eigenvalue weighted by Crippen LogP contribution is 2.41. The van der Waals surface area contributed by atoms with Crippen molar-refractivity contribution in [3.05, 3.63) is 23.8 Å². The van der Waals surface area contributed by atoms with Crippen LogP contribution in [0.1, 0.15) is 45.1 Å². The molecule has 2 aliphatic rings. The Balaban J connectivity index is 1.75. The quantitative estimate of drug-likeness (QED) is 0.882. The van der Waals surface area contributed by atoms with Gasteiger partial charge in [-0.2, -0.15) is 0 Å². The highest BCUT2D eigenvalue weighted by Gasteiger charge is 2.42. The first-order valence-corrected chi connectivity index (χ1v) is 7.90. The average molecular weight is 301 g/mol. The normalized spacial score (nSPS) is 20.1. The van der Waals surface area contributed by atoms with Crippen LogP contribution in [0.5, 0.6) is 0 Å². The van der Waals surface area contributed by atoms with E-state index in [-0.39, 0.29) is 11.9 Å². The lowest BCUT2D eigenvalue weighted by molar-refractivity contribution is -0.121. The first kappa shape index (κ1) is 14.9. The van der Waals surface area contributed by atoms with E-state index in [0.717, 1.165) is 29.8 Å². The molecule has 0 bridgehead atoms. The minimum atomic E-state index is -0.552. The number of fused-ring (bicyclic) bond motifs is 1. The number of benzene rings is 1. The molecule has 1 aromatic rings. The summed E-state index contributed by atoms with van der Waals surface area (Å²) in [5.41, 5.74) is 2.05. The van der Waals surface area contributed by atoms with E-state index < -0.39 is 5.41 Å². The zero-order valence-electron chi connectivity index (χ0n) is 13.4. The molecular weight excluding hydrogens is 278 g/mol. The highest BCUT2D eigenvalue weighted by molar-refractivity contribution is 6.07. The maximum atomic E-state index is 12.3. The first-order chi connectivity index (χ1) is 10.4. The van der Waals surface area contributed by atoms with Crippen LogP contribution in [0.15, 0.2) is 18.2 Å². The lowest BCUT2D eigenvalue weighted by Gasteiger charge is -2.17. The highest BCUT2D eigenvalue weighted by atomic mass is 16.2. The number of hydrogen-bond acceptors (Lipinski definition) is 2. The summed E-state index contributed by atoms with van der Waals surface area (Å²) in [5, 5.41) is 5.89. The van der Waals surface area contributed by atoms with Gasteiger partial charge in [0.2, 0.25) is 5.91 Å². The van der Waals surface area contributed by atoms with Crippen LogP contribution in [0.4, 0.5) is 16.2 Å². The molecule has 1 fully saturated rings. The van der Waals surface area contributed by atoms with Crippen LogP contribution in [0.3, 0.4) is 0 Å². The Hall–Kier alpha value is -2.04. The Morgan fingerprint density at radius 2 is 1.95 bits per heavy atom. The number of anilines is 2. The molecule has 3 amide bonds. The fourth-order valence-corrected chi connectivity index (χ4v) is 3.47. The largest absolute Gasteiger partial charge is 0.335 e. The monoisotopic (exact) mass is 301 g/mol. The Labute approximate surface area is 131 Å². The molecule has 0 atom stereocenters. The molecule has 0 aromatic heterocycles. The molecule has 1 aliphatic carbocycles. The minimum absolute atomic E-state index is 0.0788. The van der Waals surface area contributed by atoms with Crippen LogP contribution in [0.25, 0.3) is 0 Å². The summed E-state index contributed by atoms with van der Waals surface area (Å²) < 4.78 is 0. The van der Waals surface area contributed by atoms with Gasteiger partial charge in [0.25, 0.3) is 0 Å². The molecule has 2 N–H and O–H groups in total. The Bertz CT molecular complexity index is 618. The van der Waals surface area contributed by atoms with Gasteiger partial charge in [-0.25, -0.2) is 4.79 Å². The van der Waals surface area contributed by atoms with Crippen molar-refractivity contribution in [1.29, 1.82) is 0 Å². The van der Waals surface area contributed by atoms with Gasteiger partial charge in [0.15, 0.2) is 0 Å². The first-order valence-electron chi connectivity index (χ1n) is 7.90. The standard InChI is InChI=1S/C17H23N3O2/c1-17(2)13-10-12(8-9-14(13)20(3)15(17)21)19-16(22)18-11-6-4-5-7-11/h8-11H,4-7H2,1-3H3,(H2,18,19,22). The van der Waals surface area contributed by atoms with E-state index in [1.165, 1.54) is 12.8 Å². The summed E-state index contributed by atoms with van der Waals surface area (Å²) in [6, 6.07) is 5.78. The zero-order chi connectivity index (χ0) is 15.9. The van der Waals surface area contributed by atoms with Gasteiger partial charge in [0.05, 0.1) is 5.41 Å². The molecule has 5 heteroatoms. The molecule has 0 unspecified atom stereocenters. The van der Waals surface area contributed by atoms with Gasteiger partial charge in [-0.15, -0.1) is 0 Å². The summed E-state index contributed by atoms with van der Waals surface area (Å²) in [6.07, 6.45) is 4.49. The van der Waals surface area contributed by atoms with E-state index >= 15 is 0 Å². The third kappa shape index (κ3) is 2.45. The number of carbonyl (C=O) groups excluding carboxylic acids is 2. The summed E-state index contributed by atoms with van der Waals surface area (Å²) >= 11 is 0. The molecule has 1 aromatic carbocycles.